The van der Waals surface area contributed by atoms with E-state index >= 15 is 0 Å². The largest absolute Gasteiger partial charge is 0.383 e. The third-order valence-corrected chi connectivity index (χ3v) is 5.02. The van der Waals surface area contributed by atoms with Crippen molar-refractivity contribution in [3.63, 3.8) is 0 Å². The molecule has 0 aliphatic rings. The average molecular weight is 377 g/mol. The Morgan fingerprint density at radius 2 is 1.92 bits per heavy atom. The Bertz CT molecular complexity index is 735. The summed E-state index contributed by atoms with van der Waals surface area (Å²) in [6.45, 7) is 8.98. The summed E-state index contributed by atoms with van der Waals surface area (Å²) in [5.41, 5.74) is 2.41. The molecule has 0 spiro atoms. The molecule has 0 saturated carbocycles. The molecular weight excluding hydrogens is 348 g/mol. The minimum Gasteiger partial charge on any atom is -0.383 e. The molecule has 1 aromatic carbocycles. The first-order valence-electron chi connectivity index (χ1n) is 8.63. The molecule has 6 nitrogen and oxygen atoms in total. The second kappa shape index (κ2) is 8.68. The lowest BCUT2D eigenvalue weighted by atomic mass is 9.87. The first-order chi connectivity index (χ1) is 12.2. The molecular formula is C19H28N4O2S. The molecule has 0 fully saturated rings. The van der Waals surface area contributed by atoms with Crippen LogP contribution >= 0.6 is 11.8 Å². The highest BCUT2D eigenvalue weighted by molar-refractivity contribution is 7.99. The molecule has 2 rings (SSSR count). The van der Waals surface area contributed by atoms with Gasteiger partial charge in [-0.15, -0.1) is 10.2 Å². The maximum Gasteiger partial charge on any atom is 0.230 e. The van der Waals surface area contributed by atoms with Crippen LogP contribution in [-0.4, -0.2) is 46.2 Å². The first kappa shape index (κ1) is 20.5. The van der Waals surface area contributed by atoms with Crippen LogP contribution < -0.4 is 5.32 Å². The van der Waals surface area contributed by atoms with Crippen LogP contribution in [0.3, 0.4) is 0 Å². The van der Waals surface area contributed by atoms with Gasteiger partial charge in [0.2, 0.25) is 5.91 Å². The number of carbonyl (C=O) groups is 1. The molecule has 0 saturated heterocycles. The number of methoxy groups -OCH3 is 1. The van der Waals surface area contributed by atoms with Crippen LogP contribution in [0.15, 0.2) is 29.4 Å². The van der Waals surface area contributed by atoms with Crippen molar-refractivity contribution < 1.29 is 9.53 Å². The van der Waals surface area contributed by atoms with Crippen molar-refractivity contribution in [1.29, 1.82) is 0 Å². The van der Waals surface area contributed by atoms with Gasteiger partial charge >= 0.3 is 0 Å². The van der Waals surface area contributed by atoms with Crippen molar-refractivity contribution in [2.45, 2.75) is 44.3 Å². The van der Waals surface area contributed by atoms with Crippen LogP contribution in [0.25, 0.3) is 11.4 Å². The van der Waals surface area contributed by atoms with Crippen molar-refractivity contribution in [3.05, 3.63) is 29.8 Å². The number of hydrogen-bond donors (Lipinski definition) is 1. The third-order valence-electron chi connectivity index (χ3n) is 4.00. The molecule has 1 aromatic heterocycles. The number of ether oxygens (including phenoxy) is 1. The summed E-state index contributed by atoms with van der Waals surface area (Å²) in [5, 5.41) is 12.1. The van der Waals surface area contributed by atoms with Crippen molar-refractivity contribution in [2.75, 3.05) is 19.5 Å². The number of thioether (sulfide) groups is 1. The van der Waals surface area contributed by atoms with Crippen LogP contribution in [0, 0.1) is 0 Å². The molecule has 1 heterocycles. The van der Waals surface area contributed by atoms with Crippen LogP contribution in [0.4, 0.5) is 0 Å². The normalized spacial score (nSPS) is 12.8. The number of benzene rings is 1. The summed E-state index contributed by atoms with van der Waals surface area (Å²) in [6, 6.07) is 8.38. The van der Waals surface area contributed by atoms with E-state index in [4.69, 9.17) is 4.74 Å². The molecule has 7 heteroatoms. The van der Waals surface area contributed by atoms with Gasteiger partial charge in [-0.2, -0.15) is 0 Å². The molecule has 1 N–H and O–H groups in total. The van der Waals surface area contributed by atoms with Crippen LogP contribution in [0.1, 0.15) is 33.3 Å². The summed E-state index contributed by atoms with van der Waals surface area (Å²) in [7, 11) is 3.54. The van der Waals surface area contributed by atoms with Gasteiger partial charge in [-0.25, -0.2) is 0 Å². The second-order valence-electron chi connectivity index (χ2n) is 7.41. The Morgan fingerprint density at radius 3 is 2.50 bits per heavy atom. The summed E-state index contributed by atoms with van der Waals surface area (Å²) in [4.78, 5) is 12.0. The second-order valence-corrected chi connectivity index (χ2v) is 8.35. The number of carbonyl (C=O) groups excluding carboxylic acids is 1. The summed E-state index contributed by atoms with van der Waals surface area (Å²) in [6.07, 6.45) is 0. The molecule has 142 valence electrons. The maximum atomic E-state index is 12.0. The fraction of sp³-hybridized carbons (Fsp3) is 0.526. The van der Waals surface area contributed by atoms with E-state index in [9.17, 15) is 4.79 Å². The monoisotopic (exact) mass is 376 g/mol. The quantitative estimate of drug-likeness (QED) is 0.752. The Labute approximate surface area is 159 Å². The molecule has 1 amide bonds. The van der Waals surface area contributed by atoms with E-state index in [-0.39, 0.29) is 17.4 Å². The fourth-order valence-corrected chi connectivity index (χ4v) is 3.27. The summed E-state index contributed by atoms with van der Waals surface area (Å²) in [5.74, 6) is 1.04. The number of hydrogen-bond acceptors (Lipinski definition) is 5. The van der Waals surface area contributed by atoms with Gasteiger partial charge in [0.1, 0.15) is 0 Å². The average Bonchev–Trinajstić information content (AvgIpc) is 2.93. The van der Waals surface area contributed by atoms with Gasteiger partial charge in [0, 0.05) is 25.8 Å². The lowest BCUT2D eigenvalue weighted by Gasteiger charge is -2.19. The number of nitrogens with one attached hydrogen (secondary N) is 1. The van der Waals surface area contributed by atoms with Gasteiger partial charge < -0.3 is 14.6 Å². The SMILES string of the molecule is COCC(C)NC(=O)CSc1nnc(-c2ccc(C(C)(C)C)cc2)n1C. The Morgan fingerprint density at radius 1 is 1.27 bits per heavy atom. The van der Waals surface area contributed by atoms with Crippen molar-refractivity contribution in [3.8, 4) is 11.4 Å². The summed E-state index contributed by atoms with van der Waals surface area (Å²) >= 11 is 1.37. The minimum atomic E-state index is -0.0429. The molecule has 1 atom stereocenters. The van der Waals surface area contributed by atoms with E-state index in [1.54, 1.807) is 7.11 Å². The van der Waals surface area contributed by atoms with Gasteiger partial charge in [0.25, 0.3) is 0 Å². The van der Waals surface area contributed by atoms with Gasteiger partial charge in [0.05, 0.1) is 12.4 Å². The third kappa shape index (κ3) is 5.32. The van der Waals surface area contributed by atoms with Gasteiger partial charge in [-0.3, -0.25) is 4.79 Å². The van der Waals surface area contributed by atoms with Crippen LogP contribution in [-0.2, 0) is 22.0 Å². The number of amides is 1. The molecule has 0 bridgehead atoms. The van der Waals surface area contributed by atoms with Gasteiger partial charge in [-0.1, -0.05) is 56.8 Å². The zero-order valence-corrected chi connectivity index (χ0v) is 17.2. The fourth-order valence-electron chi connectivity index (χ4n) is 2.55. The highest BCUT2D eigenvalue weighted by Crippen LogP contribution is 2.26. The zero-order valence-electron chi connectivity index (χ0n) is 16.4. The van der Waals surface area contributed by atoms with Crippen LogP contribution in [0.5, 0.6) is 0 Å². The van der Waals surface area contributed by atoms with Crippen molar-refractivity contribution in [2.24, 2.45) is 7.05 Å². The minimum absolute atomic E-state index is 0.00973. The van der Waals surface area contributed by atoms with Gasteiger partial charge in [-0.05, 0) is 17.9 Å². The number of aromatic nitrogens is 3. The molecule has 0 radical (unpaired) electrons. The Kier molecular flexibility index (Phi) is 6.83. The topological polar surface area (TPSA) is 69.0 Å². The van der Waals surface area contributed by atoms with E-state index in [2.05, 4.69) is 60.6 Å². The highest BCUT2D eigenvalue weighted by atomic mass is 32.2. The van der Waals surface area contributed by atoms with E-state index in [1.807, 2.05) is 18.5 Å². The number of rotatable bonds is 7. The lowest BCUT2D eigenvalue weighted by Crippen LogP contribution is -2.36. The van der Waals surface area contributed by atoms with E-state index < -0.39 is 0 Å². The van der Waals surface area contributed by atoms with E-state index in [1.165, 1.54) is 17.3 Å². The molecule has 1 unspecified atom stereocenters. The zero-order chi connectivity index (χ0) is 19.3. The smallest absolute Gasteiger partial charge is 0.230 e. The highest BCUT2D eigenvalue weighted by Gasteiger charge is 2.16. The summed E-state index contributed by atoms with van der Waals surface area (Å²) < 4.78 is 6.94. The number of nitrogens with zero attached hydrogens (tertiary/aromatic N) is 3. The standard InChI is InChI=1S/C19H28N4O2S/c1-13(11-25-6)20-16(24)12-26-18-22-21-17(23(18)5)14-7-9-15(10-8-14)19(2,3)4/h7-10,13H,11-12H2,1-6H3,(H,20,24). The molecule has 26 heavy (non-hydrogen) atoms. The van der Waals surface area contributed by atoms with Crippen molar-refractivity contribution in [1.82, 2.24) is 20.1 Å². The Hall–Kier alpha value is -1.86. The maximum absolute atomic E-state index is 12.0. The molecule has 0 aliphatic carbocycles. The predicted molar refractivity (Wildman–Crippen MR) is 105 cm³/mol. The Balaban J connectivity index is 2.02. The van der Waals surface area contributed by atoms with E-state index in [0.717, 1.165) is 16.5 Å². The van der Waals surface area contributed by atoms with Crippen molar-refractivity contribution >= 4 is 17.7 Å². The first-order valence-corrected chi connectivity index (χ1v) is 9.62. The molecule has 0 aliphatic heterocycles. The van der Waals surface area contributed by atoms with E-state index in [0.29, 0.717) is 12.4 Å². The molecule has 2 aromatic rings. The lowest BCUT2D eigenvalue weighted by molar-refractivity contribution is -0.119. The van der Waals surface area contributed by atoms with Gasteiger partial charge in [0.15, 0.2) is 11.0 Å². The van der Waals surface area contributed by atoms with Crippen LogP contribution in [0.2, 0.25) is 0 Å². The predicted octanol–water partition coefficient (Wildman–Crippen LogP) is 3.02.